The number of hydrogen-bond acceptors (Lipinski definition) is 4. The molecular weight excluding hydrogens is 276 g/mol. The van der Waals surface area contributed by atoms with Crippen LogP contribution in [0.5, 0.6) is 5.75 Å². The fourth-order valence-electron chi connectivity index (χ4n) is 2.21. The number of aromatic carboxylic acids is 1. The summed E-state index contributed by atoms with van der Waals surface area (Å²) >= 11 is 0. The predicted octanol–water partition coefficient (Wildman–Crippen LogP) is 1.33. The van der Waals surface area contributed by atoms with Crippen LogP contribution in [0.2, 0.25) is 0 Å². The van der Waals surface area contributed by atoms with E-state index in [9.17, 15) is 9.59 Å². The lowest BCUT2D eigenvalue weighted by Gasteiger charge is -2.31. The number of nitrogens with zero attached hydrogens (tertiary/aromatic N) is 1. The van der Waals surface area contributed by atoms with Crippen LogP contribution in [0, 0.1) is 0 Å². The van der Waals surface area contributed by atoms with Gasteiger partial charge >= 0.3 is 12.0 Å². The molecule has 0 bridgehead atoms. The van der Waals surface area contributed by atoms with Crippen LogP contribution < -0.4 is 15.0 Å². The van der Waals surface area contributed by atoms with E-state index in [0.717, 1.165) is 0 Å². The van der Waals surface area contributed by atoms with Gasteiger partial charge in [-0.3, -0.25) is 4.90 Å². The number of carbonyl (C=O) groups excluding carboxylic acids is 1. The minimum atomic E-state index is -1.08. The van der Waals surface area contributed by atoms with E-state index in [4.69, 9.17) is 14.6 Å². The van der Waals surface area contributed by atoms with E-state index in [2.05, 4.69) is 5.32 Å². The van der Waals surface area contributed by atoms with E-state index in [-0.39, 0.29) is 30.0 Å². The third kappa shape index (κ3) is 3.25. The van der Waals surface area contributed by atoms with Crippen LogP contribution in [-0.4, -0.2) is 50.0 Å². The van der Waals surface area contributed by atoms with Crippen molar-refractivity contribution in [3.05, 3.63) is 23.8 Å². The van der Waals surface area contributed by atoms with E-state index in [1.165, 1.54) is 11.0 Å². The molecule has 0 aliphatic carbocycles. The maximum Gasteiger partial charge on any atom is 0.339 e. The molecule has 2 amide bonds. The highest BCUT2D eigenvalue weighted by Crippen LogP contribution is 2.34. The number of carboxylic acid groups (broad SMARTS) is 1. The summed E-state index contributed by atoms with van der Waals surface area (Å²) in [4.78, 5) is 25.0. The number of fused-ring (bicyclic) bond motifs is 1. The summed E-state index contributed by atoms with van der Waals surface area (Å²) in [5.41, 5.74) is 0.512. The Bertz CT molecular complexity index is 546. The quantitative estimate of drug-likeness (QED) is 0.874. The van der Waals surface area contributed by atoms with Gasteiger partial charge in [0.15, 0.2) is 5.75 Å². The van der Waals surface area contributed by atoms with Crippen LogP contribution in [0.15, 0.2) is 18.2 Å². The molecule has 1 aromatic rings. The number of methoxy groups -OCH3 is 1. The fraction of sp³-hybridized carbons (Fsp3) is 0.429. The average Bonchev–Trinajstić information content (AvgIpc) is 2.45. The predicted molar refractivity (Wildman–Crippen MR) is 76.1 cm³/mol. The van der Waals surface area contributed by atoms with Gasteiger partial charge in [-0.25, -0.2) is 9.59 Å². The van der Waals surface area contributed by atoms with Crippen LogP contribution in [0.1, 0.15) is 17.3 Å². The molecule has 1 heterocycles. The average molecular weight is 294 g/mol. The zero-order chi connectivity index (χ0) is 15.4. The van der Waals surface area contributed by atoms with E-state index in [1.54, 1.807) is 19.2 Å². The first kappa shape index (κ1) is 15.1. The summed E-state index contributed by atoms with van der Waals surface area (Å²) in [6.07, 6.45) is 0. The van der Waals surface area contributed by atoms with Gasteiger partial charge in [0.1, 0.15) is 12.2 Å². The van der Waals surface area contributed by atoms with Gasteiger partial charge in [0, 0.05) is 7.11 Å². The van der Waals surface area contributed by atoms with Crippen molar-refractivity contribution in [2.75, 3.05) is 31.8 Å². The summed E-state index contributed by atoms with van der Waals surface area (Å²) in [5.74, 6) is -0.854. The molecule has 114 valence electrons. The molecule has 0 fully saturated rings. The van der Waals surface area contributed by atoms with E-state index < -0.39 is 5.97 Å². The van der Waals surface area contributed by atoms with Crippen LogP contribution in [-0.2, 0) is 4.74 Å². The molecule has 0 aromatic heterocycles. The Balaban J connectivity index is 2.24. The smallest absolute Gasteiger partial charge is 0.339 e. The van der Waals surface area contributed by atoms with Gasteiger partial charge < -0.3 is 19.9 Å². The Morgan fingerprint density at radius 1 is 1.52 bits per heavy atom. The molecule has 0 spiro atoms. The Morgan fingerprint density at radius 2 is 2.29 bits per heavy atom. The van der Waals surface area contributed by atoms with Crippen molar-refractivity contribution >= 4 is 17.7 Å². The van der Waals surface area contributed by atoms with E-state index in [1.807, 2.05) is 6.92 Å². The number of urea groups is 1. The van der Waals surface area contributed by atoms with Crippen LogP contribution >= 0.6 is 0 Å². The normalized spacial score (nSPS) is 14.9. The summed E-state index contributed by atoms with van der Waals surface area (Å²) in [7, 11) is 1.56. The number of anilines is 1. The number of rotatable bonds is 4. The minimum Gasteiger partial charge on any atom is -0.489 e. The number of benzene rings is 1. The Morgan fingerprint density at radius 3 is 2.95 bits per heavy atom. The van der Waals surface area contributed by atoms with Crippen LogP contribution in [0.25, 0.3) is 0 Å². The Labute approximate surface area is 122 Å². The number of amides is 2. The first-order chi connectivity index (χ1) is 10.0. The fourth-order valence-corrected chi connectivity index (χ4v) is 2.21. The lowest BCUT2D eigenvalue weighted by Crippen LogP contribution is -2.48. The summed E-state index contributed by atoms with van der Waals surface area (Å²) < 4.78 is 10.4. The monoisotopic (exact) mass is 294 g/mol. The van der Waals surface area contributed by atoms with Gasteiger partial charge in [-0.1, -0.05) is 6.07 Å². The van der Waals surface area contributed by atoms with Crippen molar-refractivity contribution in [3.8, 4) is 5.75 Å². The summed E-state index contributed by atoms with van der Waals surface area (Å²) in [6.45, 7) is 2.85. The van der Waals surface area contributed by atoms with Gasteiger partial charge in [0.2, 0.25) is 0 Å². The van der Waals surface area contributed by atoms with Gasteiger partial charge in [0.25, 0.3) is 0 Å². The first-order valence-corrected chi connectivity index (χ1v) is 6.60. The minimum absolute atomic E-state index is 0.0509. The second kappa shape index (κ2) is 6.45. The highest BCUT2D eigenvalue weighted by molar-refractivity contribution is 5.99. The maximum atomic E-state index is 12.3. The SMILES string of the molecule is COCC(C)NC(=O)N1CCOc2c(C(=O)O)cccc21. The molecule has 1 aliphatic rings. The zero-order valence-corrected chi connectivity index (χ0v) is 12.0. The van der Waals surface area contributed by atoms with Gasteiger partial charge in [-0.05, 0) is 19.1 Å². The third-order valence-electron chi connectivity index (χ3n) is 3.11. The maximum absolute atomic E-state index is 12.3. The van der Waals surface area contributed by atoms with Gasteiger partial charge in [0.05, 0.1) is 24.9 Å². The van der Waals surface area contributed by atoms with Crippen molar-refractivity contribution < 1.29 is 24.2 Å². The molecule has 2 rings (SSSR count). The van der Waals surface area contributed by atoms with Crippen molar-refractivity contribution in [2.24, 2.45) is 0 Å². The number of carbonyl (C=O) groups is 2. The lowest BCUT2D eigenvalue weighted by atomic mass is 10.1. The largest absolute Gasteiger partial charge is 0.489 e. The molecule has 0 radical (unpaired) electrons. The first-order valence-electron chi connectivity index (χ1n) is 6.60. The highest BCUT2D eigenvalue weighted by Gasteiger charge is 2.27. The number of carboxylic acids is 1. The zero-order valence-electron chi connectivity index (χ0n) is 12.0. The molecule has 2 N–H and O–H groups in total. The van der Waals surface area contributed by atoms with Crippen molar-refractivity contribution in [1.29, 1.82) is 0 Å². The molecule has 1 aromatic carbocycles. The molecule has 0 saturated carbocycles. The highest BCUT2D eigenvalue weighted by atomic mass is 16.5. The second-order valence-electron chi connectivity index (χ2n) is 4.76. The van der Waals surface area contributed by atoms with Gasteiger partial charge in [-0.15, -0.1) is 0 Å². The molecular formula is C14H18N2O5. The Kier molecular flexibility index (Phi) is 4.64. The number of nitrogens with one attached hydrogen (secondary N) is 1. The van der Waals surface area contributed by atoms with Crippen LogP contribution in [0.4, 0.5) is 10.5 Å². The Hall–Kier alpha value is -2.28. The summed E-state index contributed by atoms with van der Waals surface area (Å²) in [5, 5.41) is 12.0. The van der Waals surface area contributed by atoms with E-state index in [0.29, 0.717) is 18.8 Å². The van der Waals surface area contributed by atoms with E-state index >= 15 is 0 Å². The van der Waals surface area contributed by atoms with Crippen LogP contribution in [0.3, 0.4) is 0 Å². The molecule has 21 heavy (non-hydrogen) atoms. The third-order valence-corrected chi connectivity index (χ3v) is 3.11. The van der Waals surface area contributed by atoms with Gasteiger partial charge in [-0.2, -0.15) is 0 Å². The molecule has 1 atom stereocenters. The number of hydrogen-bond donors (Lipinski definition) is 2. The molecule has 1 aliphatic heterocycles. The van der Waals surface area contributed by atoms with Crippen molar-refractivity contribution in [3.63, 3.8) is 0 Å². The molecule has 7 heteroatoms. The van der Waals surface area contributed by atoms with Crippen molar-refractivity contribution in [1.82, 2.24) is 5.32 Å². The summed E-state index contributed by atoms with van der Waals surface area (Å²) in [6, 6.07) is 4.27. The standard InChI is InChI=1S/C14H18N2O5/c1-9(8-20-2)15-14(19)16-6-7-21-12-10(13(17)18)4-3-5-11(12)16/h3-5,9H,6-8H2,1-2H3,(H,15,19)(H,17,18). The molecule has 7 nitrogen and oxygen atoms in total. The lowest BCUT2D eigenvalue weighted by molar-refractivity contribution is 0.0692. The molecule has 0 saturated heterocycles. The number of ether oxygens (including phenoxy) is 2. The molecule has 1 unspecified atom stereocenters. The second-order valence-corrected chi connectivity index (χ2v) is 4.76. The number of para-hydroxylation sites is 1. The topological polar surface area (TPSA) is 88.1 Å². The van der Waals surface area contributed by atoms with Crippen molar-refractivity contribution in [2.45, 2.75) is 13.0 Å².